The van der Waals surface area contributed by atoms with Crippen molar-refractivity contribution in [3.05, 3.63) is 54.6 Å². The van der Waals surface area contributed by atoms with Crippen molar-refractivity contribution in [3.8, 4) is 5.75 Å². The Hall–Kier alpha value is -2.93. The lowest BCUT2D eigenvalue weighted by Crippen LogP contribution is -2.43. The highest BCUT2D eigenvalue weighted by Gasteiger charge is 2.28. The number of primary amides is 2. The number of carbonyl (C=O) groups excluding carboxylic acids is 2. The Labute approximate surface area is 169 Å². The Morgan fingerprint density at radius 2 is 1.61 bits per heavy atom. The van der Waals surface area contributed by atoms with E-state index in [0.717, 1.165) is 5.69 Å². The smallest absolute Gasteiger partial charge is 0.261 e. The van der Waals surface area contributed by atoms with E-state index in [-0.39, 0.29) is 5.91 Å². The standard InChI is InChI=1S/C16H17N3O2.C4H8ClNO/c1-16(2,15(17)20)21-14-11-7-6-10-13(14)19-18-12-8-4-3-5-9-12;5-3-1-2-4(6)7/h3-11H,1-2H3,(H2,17,20);1-3H2,(H2,6,7). The topological polar surface area (TPSA) is 120 Å². The molecule has 0 saturated carbocycles. The SMILES string of the molecule is CC(C)(Oc1ccccc1N=Nc1ccccc1)C(N)=O.NC(=O)CCCCl. The molecule has 8 heteroatoms. The lowest BCUT2D eigenvalue weighted by molar-refractivity contribution is -0.130. The molecular formula is C20H25ClN4O3. The molecule has 2 aromatic carbocycles. The van der Waals surface area contributed by atoms with Gasteiger partial charge >= 0.3 is 0 Å². The molecule has 0 bridgehead atoms. The van der Waals surface area contributed by atoms with E-state index in [4.69, 9.17) is 27.8 Å². The third kappa shape index (κ3) is 8.64. The van der Waals surface area contributed by atoms with Crippen molar-refractivity contribution >= 4 is 34.8 Å². The molecule has 28 heavy (non-hydrogen) atoms. The quantitative estimate of drug-likeness (QED) is 0.505. The van der Waals surface area contributed by atoms with Gasteiger partial charge in [0.1, 0.15) is 11.4 Å². The summed E-state index contributed by atoms with van der Waals surface area (Å²) in [6.07, 6.45) is 1.10. The summed E-state index contributed by atoms with van der Waals surface area (Å²) in [7, 11) is 0. The Morgan fingerprint density at radius 3 is 2.14 bits per heavy atom. The van der Waals surface area contributed by atoms with Gasteiger partial charge in [-0.25, -0.2) is 0 Å². The number of ether oxygens (including phenoxy) is 1. The van der Waals surface area contributed by atoms with Gasteiger partial charge in [-0.1, -0.05) is 30.3 Å². The summed E-state index contributed by atoms with van der Waals surface area (Å²) in [5.41, 5.74) is 10.3. The highest BCUT2D eigenvalue weighted by molar-refractivity contribution is 6.17. The average molecular weight is 405 g/mol. The van der Waals surface area contributed by atoms with Crippen LogP contribution in [0.15, 0.2) is 64.8 Å². The molecular weight excluding hydrogens is 380 g/mol. The first kappa shape index (κ1) is 23.1. The molecule has 0 radical (unpaired) electrons. The molecule has 0 aliphatic carbocycles. The summed E-state index contributed by atoms with van der Waals surface area (Å²) in [6.45, 7) is 3.22. The van der Waals surface area contributed by atoms with Gasteiger partial charge in [0.2, 0.25) is 5.91 Å². The maximum atomic E-state index is 11.4. The van der Waals surface area contributed by atoms with Crippen LogP contribution in [-0.2, 0) is 9.59 Å². The van der Waals surface area contributed by atoms with Gasteiger partial charge in [-0.2, -0.15) is 5.11 Å². The molecule has 2 amide bonds. The van der Waals surface area contributed by atoms with Crippen LogP contribution in [0.1, 0.15) is 26.7 Å². The molecule has 2 aromatic rings. The second-order valence-corrected chi connectivity index (χ2v) is 6.62. The summed E-state index contributed by atoms with van der Waals surface area (Å²) in [5.74, 6) is 0.155. The molecule has 0 aromatic heterocycles. The molecule has 0 fully saturated rings. The van der Waals surface area contributed by atoms with E-state index >= 15 is 0 Å². The first-order chi connectivity index (χ1) is 13.3. The summed E-state index contributed by atoms with van der Waals surface area (Å²) in [4.78, 5) is 21.3. The van der Waals surface area contributed by atoms with Gasteiger partial charge in [-0.05, 0) is 44.5 Å². The van der Waals surface area contributed by atoms with Crippen LogP contribution in [-0.4, -0.2) is 23.3 Å². The zero-order valence-corrected chi connectivity index (χ0v) is 16.7. The molecule has 150 valence electrons. The average Bonchev–Trinajstić information content (AvgIpc) is 2.66. The molecule has 0 heterocycles. The van der Waals surface area contributed by atoms with Crippen LogP contribution in [0.2, 0.25) is 0 Å². The van der Waals surface area contributed by atoms with Crippen LogP contribution in [0, 0.1) is 0 Å². The molecule has 0 unspecified atom stereocenters. The first-order valence-corrected chi connectivity index (χ1v) is 9.18. The summed E-state index contributed by atoms with van der Waals surface area (Å²) >= 11 is 5.24. The first-order valence-electron chi connectivity index (χ1n) is 8.65. The number of halogens is 1. The van der Waals surface area contributed by atoms with E-state index in [1.54, 1.807) is 32.0 Å². The molecule has 0 aliphatic rings. The van der Waals surface area contributed by atoms with E-state index < -0.39 is 11.5 Å². The van der Waals surface area contributed by atoms with Crippen molar-refractivity contribution in [2.24, 2.45) is 21.7 Å². The zero-order valence-electron chi connectivity index (χ0n) is 16.0. The maximum absolute atomic E-state index is 11.4. The maximum Gasteiger partial charge on any atom is 0.261 e. The van der Waals surface area contributed by atoms with Gasteiger partial charge in [-0.3, -0.25) is 9.59 Å². The van der Waals surface area contributed by atoms with Crippen molar-refractivity contribution < 1.29 is 14.3 Å². The normalized spacial score (nSPS) is 10.8. The molecule has 7 nitrogen and oxygen atoms in total. The fourth-order valence-electron chi connectivity index (χ4n) is 1.80. The third-order valence-electron chi connectivity index (χ3n) is 3.41. The number of amides is 2. The summed E-state index contributed by atoms with van der Waals surface area (Å²) < 4.78 is 5.65. The highest BCUT2D eigenvalue weighted by Crippen LogP contribution is 2.31. The van der Waals surface area contributed by atoms with E-state index in [1.165, 1.54) is 0 Å². The Bertz CT molecular complexity index is 795. The molecule has 0 spiro atoms. The molecule has 2 rings (SSSR count). The molecule has 0 atom stereocenters. The Morgan fingerprint density at radius 1 is 1.00 bits per heavy atom. The predicted molar refractivity (Wildman–Crippen MR) is 110 cm³/mol. The van der Waals surface area contributed by atoms with Crippen LogP contribution in [0.3, 0.4) is 0 Å². The number of hydrogen-bond acceptors (Lipinski definition) is 5. The fraction of sp³-hybridized carbons (Fsp3) is 0.300. The summed E-state index contributed by atoms with van der Waals surface area (Å²) in [5, 5.41) is 8.31. The summed E-state index contributed by atoms with van der Waals surface area (Å²) in [6, 6.07) is 16.5. The number of alkyl halides is 1. The lowest BCUT2D eigenvalue weighted by atomic mass is 10.1. The predicted octanol–water partition coefficient (Wildman–Crippen LogP) is 4.24. The van der Waals surface area contributed by atoms with Gasteiger partial charge in [0, 0.05) is 12.3 Å². The molecule has 4 N–H and O–H groups in total. The third-order valence-corrected chi connectivity index (χ3v) is 3.68. The number of nitrogens with zero attached hydrogens (tertiary/aromatic N) is 2. The second-order valence-electron chi connectivity index (χ2n) is 6.24. The minimum atomic E-state index is -1.11. The number of hydrogen-bond donors (Lipinski definition) is 2. The van der Waals surface area contributed by atoms with E-state index in [0.29, 0.717) is 30.2 Å². The molecule has 0 saturated heterocycles. The number of benzene rings is 2. The number of para-hydroxylation sites is 1. The van der Waals surface area contributed by atoms with Crippen LogP contribution >= 0.6 is 11.6 Å². The van der Waals surface area contributed by atoms with Gasteiger partial charge < -0.3 is 16.2 Å². The van der Waals surface area contributed by atoms with Crippen LogP contribution in [0.25, 0.3) is 0 Å². The Balaban J connectivity index is 0.000000480. The highest BCUT2D eigenvalue weighted by atomic mass is 35.5. The minimum absolute atomic E-state index is 0.277. The van der Waals surface area contributed by atoms with Crippen molar-refractivity contribution in [1.82, 2.24) is 0 Å². The monoisotopic (exact) mass is 404 g/mol. The second kappa shape index (κ2) is 11.7. The lowest BCUT2D eigenvalue weighted by Gasteiger charge is -2.23. The van der Waals surface area contributed by atoms with Gasteiger partial charge in [-0.15, -0.1) is 16.7 Å². The van der Waals surface area contributed by atoms with Crippen LogP contribution in [0.5, 0.6) is 5.75 Å². The number of azo groups is 1. The van der Waals surface area contributed by atoms with Crippen molar-refractivity contribution in [2.75, 3.05) is 5.88 Å². The van der Waals surface area contributed by atoms with E-state index in [1.807, 2.05) is 36.4 Å². The number of rotatable bonds is 8. The largest absolute Gasteiger partial charge is 0.476 e. The number of nitrogens with two attached hydrogens (primary N) is 2. The number of carbonyl (C=O) groups is 2. The van der Waals surface area contributed by atoms with Crippen LogP contribution in [0.4, 0.5) is 11.4 Å². The Kier molecular flexibility index (Phi) is 9.67. The van der Waals surface area contributed by atoms with Gasteiger partial charge in [0.05, 0.1) is 5.69 Å². The molecule has 0 aliphatic heterocycles. The van der Waals surface area contributed by atoms with Crippen LogP contribution < -0.4 is 16.2 Å². The van der Waals surface area contributed by atoms with E-state index in [2.05, 4.69) is 10.2 Å². The van der Waals surface area contributed by atoms with Gasteiger partial charge in [0.15, 0.2) is 5.60 Å². The van der Waals surface area contributed by atoms with Crippen molar-refractivity contribution in [2.45, 2.75) is 32.3 Å². The van der Waals surface area contributed by atoms with Crippen molar-refractivity contribution in [3.63, 3.8) is 0 Å². The van der Waals surface area contributed by atoms with E-state index in [9.17, 15) is 9.59 Å². The zero-order chi connectivity index (χ0) is 21.0. The van der Waals surface area contributed by atoms with Crippen molar-refractivity contribution in [1.29, 1.82) is 0 Å². The fourth-order valence-corrected chi connectivity index (χ4v) is 1.93. The van der Waals surface area contributed by atoms with Gasteiger partial charge in [0.25, 0.3) is 5.91 Å². The minimum Gasteiger partial charge on any atom is -0.476 e.